The van der Waals surface area contributed by atoms with Crippen LogP contribution in [0.1, 0.15) is 58.8 Å². The predicted octanol–water partition coefficient (Wildman–Crippen LogP) is 2.80. The van der Waals surface area contributed by atoms with E-state index in [0.717, 1.165) is 25.7 Å². The summed E-state index contributed by atoms with van der Waals surface area (Å²) in [5.41, 5.74) is -0.660. The highest BCUT2D eigenvalue weighted by Crippen LogP contribution is 2.39. The average molecular weight is 239 g/mol. The van der Waals surface area contributed by atoms with Gasteiger partial charge < -0.3 is 5.11 Å². The van der Waals surface area contributed by atoms with E-state index >= 15 is 0 Å². The second kappa shape index (κ2) is 4.97. The summed E-state index contributed by atoms with van der Waals surface area (Å²) in [4.78, 5) is 11.8. The molecule has 0 aromatic carbocycles. The van der Waals surface area contributed by atoms with Crippen molar-refractivity contribution in [2.75, 3.05) is 0 Å². The lowest BCUT2D eigenvalue weighted by molar-refractivity contribution is -0.150. The number of hydrogen-bond acceptors (Lipinski definition) is 2. The molecule has 2 fully saturated rings. The van der Waals surface area contributed by atoms with E-state index in [-0.39, 0.29) is 5.92 Å². The summed E-state index contributed by atoms with van der Waals surface area (Å²) >= 11 is 0. The van der Waals surface area contributed by atoms with Gasteiger partial charge in [0.25, 0.3) is 0 Å². The Morgan fingerprint density at radius 1 is 1.18 bits per heavy atom. The first kappa shape index (κ1) is 12.9. The van der Waals surface area contributed by atoms with Crippen LogP contribution in [-0.2, 0) is 4.79 Å². The highest BCUT2D eigenvalue weighted by atomic mass is 16.4. The number of carboxylic acids is 1. The van der Waals surface area contributed by atoms with Crippen molar-refractivity contribution in [1.82, 2.24) is 5.32 Å². The average Bonchev–Trinajstić information content (AvgIpc) is 2.77. The zero-order chi connectivity index (χ0) is 12.5. The molecule has 98 valence electrons. The zero-order valence-corrected chi connectivity index (χ0v) is 11.0. The van der Waals surface area contributed by atoms with Crippen molar-refractivity contribution in [3.8, 4) is 0 Å². The maximum Gasteiger partial charge on any atom is 0.324 e. The monoisotopic (exact) mass is 239 g/mol. The molecule has 3 unspecified atom stereocenters. The maximum absolute atomic E-state index is 11.8. The summed E-state index contributed by atoms with van der Waals surface area (Å²) in [6.07, 6.45) is 7.80. The molecule has 17 heavy (non-hydrogen) atoms. The number of rotatable bonds is 3. The molecule has 3 atom stereocenters. The number of carboxylic acid groups (broad SMARTS) is 1. The first-order valence-electron chi connectivity index (χ1n) is 7.07. The van der Waals surface area contributed by atoms with Crippen LogP contribution in [0, 0.1) is 11.8 Å². The van der Waals surface area contributed by atoms with Crippen molar-refractivity contribution < 1.29 is 9.90 Å². The van der Waals surface area contributed by atoms with Crippen LogP contribution in [-0.4, -0.2) is 22.7 Å². The van der Waals surface area contributed by atoms with Crippen LogP contribution in [0.2, 0.25) is 0 Å². The van der Waals surface area contributed by atoms with Gasteiger partial charge in [0.15, 0.2) is 0 Å². The number of aliphatic carboxylic acids is 1. The molecule has 2 aliphatic carbocycles. The molecule has 0 radical (unpaired) electrons. The zero-order valence-electron chi connectivity index (χ0n) is 11.0. The van der Waals surface area contributed by atoms with Gasteiger partial charge in [-0.15, -0.1) is 0 Å². The SMILES string of the molecule is CC1CCCC(NC2CCCC2)(C(=O)O)C1C. The smallest absolute Gasteiger partial charge is 0.324 e. The number of carbonyl (C=O) groups is 1. The van der Waals surface area contributed by atoms with Crippen LogP contribution in [0.3, 0.4) is 0 Å². The molecular weight excluding hydrogens is 214 g/mol. The van der Waals surface area contributed by atoms with Gasteiger partial charge in [0.1, 0.15) is 5.54 Å². The summed E-state index contributed by atoms with van der Waals surface area (Å²) in [7, 11) is 0. The van der Waals surface area contributed by atoms with E-state index in [1.807, 2.05) is 0 Å². The molecule has 0 spiro atoms. The third kappa shape index (κ3) is 2.35. The molecule has 0 aliphatic heterocycles. The maximum atomic E-state index is 11.8. The van der Waals surface area contributed by atoms with E-state index in [2.05, 4.69) is 19.2 Å². The molecular formula is C14H25NO2. The lowest BCUT2D eigenvalue weighted by atomic mass is 9.68. The van der Waals surface area contributed by atoms with E-state index in [9.17, 15) is 9.90 Å². The quantitative estimate of drug-likeness (QED) is 0.796. The molecule has 0 aromatic heterocycles. The Balaban J connectivity index is 2.15. The lowest BCUT2D eigenvalue weighted by Crippen LogP contribution is -2.62. The van der Waals surface area contributed by atoms with E-state index in [4.69, 9.17) is 0 Å². The summed E-state index contributed by atoms with van der Waals surface area (Å²) in [5, 5.41) is 13.2. The van der Waals surface area contributed by atoms with E-state index in [1.54, 1.807) is 0 Å². The molecule has 0 saturated heterocycles. The van der Waals surface area contributed by atoms with Gasteiger partial charge in [-0.05, 0) is 31.1 Å². The Labute approximate surface area is 104 Å². The minimum atomic E-state index is -0.660. The van der Waals surface area contributed by atoms with E-state index in [0.29, 0.717) is 12.0 Å². The van der Waals surface area contributed by atoms with Gasteiger partial charge in [-0.1, -0.05) is 39.5 Å². The van der Waals surface area contributed by atoms with Crippen molar-refractivity contribution >= 4 is 5.97 Å². The fraction of sp³-hybridized carbons (Fsp3) is 0.929. The summed E-state index contributed by atoms with van der Waals surface area (Å²) in [5.74, 6) is 0.103. The highest BCUT2D eigenvalue weighted by Gasteiger charge is 2.48. The normalized spacial score (nSPS) is 39.4. The summed E-state index contributed by atoms with van der Waals surface area (Å²) < 4.78 is 0. The Morgan fingerprint density at radius 3 is 2.41 bits per heavy atom. The molecule has 0 aromatic rings. The molecule has 2 aliphatic rings. The molecule has 0 heterocycles. The van der Waals surface area contributed by atoms with Crippen molar-refractivity contribution in [3.05, 3.63) is 0 Å². The molecule has 0 bridgehead atoms. The van der Waals surface area contributed by atoms with Gasteiger partial charge in [0.05, 0.1) is 0 Å². The standard InChI is InChI=1S/C14H25NO2/c1-10-6-5-9-14(11(10)2,13(16)17)15-12-7-3-4-8-12/h10-12,15H,3-9H2,1-2H3,(H,16,17). The fourth-order valence-electron chi connectivity index (χ4n) is 3.67. The highest BCUT2D eigenvalue weighted by molar-refractivity contribution is 5.79. The molecule has 0 amide bonds. The van der Waals surface area contributed by atoms with Crippen molar-refractivity contribution in [1.29, 1.82) is 0 Å². The molecule has 3 heteroatoms. The summed E-state index contributed by atoms with van der Waals surface area (Å²) in [6, 6.07) is 0.429. The minimum Gasteiger partial charge on any atom is -0.480 e. The minimum absolute atomic E-state index is 0.231. The van der Waals surface area contributed by atoms with Crippen LogP contribution in [0.5, 0.6) is 0 Å². The number of nitrogens with one attached hydrogen (secondary N) is 1. The van der Waals surface area contributed by atoms with Crippen LogP contribution in [0.25, 0.3) is 0 Å². The molecule has 3 nitrogen and oxygen atoms in total. The first-order valence-corrected chi connectivity index (χ1v) is 7.07. The lowest BCUT2D eigenvalue weighted by Gasteiger charge is -2.44. The Kier molecular flexibility index (Phi) is 3.76. The first-order chi connectivity index (χ1) is 8.06. The topological polar surface area (TPSA) is 49.3 Å². The van der Waals surface area contributed by atoms with Gasteiger partial charge >= 0.3 is 5.97 Å². The third-order valence-electron chi connectivity index (χ3n) is 5.06. The van der Waals surface area contributed by atoms with Gasteiger partial charge in [-0.25, -0.2) is 0 Å². The number of hydrogen-bond donors (Lipinski definition) is 2. The van der Waals surface area contributed by atoms with E-state index < -0.39 is 11.5 Å². The van der Waals surface area contributed by atoms with Gasteiger partial charge in [0.2, 0.25) is 0 Å². The van der Waals surface area contributed by atoms with Crippen LogP contribution in [0.15, 0.2) is 0 Å². The molecule has 2 N–H and O–H groups in total. The van der Waals surface area contributed by atoms with Crippen LogP contribution < -0.4 is 5.32 Å². The third-order valence-corrected chi connectivity index (χ3v) is 5.06. The molecule has 2 saturated carbocycles. The van der Waals surface area contributed by atoms with Crippen LogP contribution in [0.4, 0.5) is 0 Å². The predicted molar refractivity (Wildman–Crippen MR) is 67.9 cm³/mol. The Bertz CT molecular complexity index is 286. The second-order valence-corrected chi connectivity index (χ2v) is 6.06. The van der Waals surface area contributed by atoms with Gasteiger partial charge in [-0.3, -0.25) is 10.1 Å². The molecule has 2 rings (SSSR count). The van der Waals surface area contributed by atoms with Gasteiger partial charge in [-0.2, -0.15) is 0 Å². The van der Waals surface area contributed by atoms with Crippen molar-refractivity contribution in [3.63, 3.8) is 0 Å². The largest absolute Gasteiger partial charge is 0.480 e. The van der Waals surface area contributed by atoms with E-state index in [1.165, 1.54) is 19.3 Å². The Morgan fingerprint density at radius 2 is 1.82 bits per heavy atom. The summed E-state index contributed by atoms with van der Waals surface area (Å²) in [6.45, 7) is 4.30. The van der Waals surface area contributed by atoms with Crippen molar-refractivity contribution in [2.45, 2.75) is 70.4 Å². The van der Waals surface area contributed by atoms with Crippen molar-refractivity contribution in [2.24, 2.45) is 11.8 Å². The Hall–Kier alpha value is -0.570. The van der Waals surface area contributed by atoms with Crippen LogP contribution >= 0.6 is 0 Å². The van der Waals surface area contributed by atoms with Gasteiger partial charge in [0, 0.05) is 6.04 Å². The second-order valence-electron chi connectivity index (χ2n) is 6.06. The fourth-order valence-corrected chi connectivity index (χ4v) is 3.67.